The van der Waals surface area contributed by atoms with Crippen molar-refractivity contribution in [3.05, 3.63) is 10.6 Å². The number of aliphatic imine (C=N–C) groups is 1. The number of nitrogens with two attached hydrogens (primary N) is 1. The van der Waals surface area contributed by atoms with Crippen LogP contribution in [0.2, 0.25) is 0 Å². The van der Waals surface area contributed by atoms with Crippen molar-refractivity contribution in [1.29, 1.82) is 5.41 Å². The van der Waals surface area contributed by atoms with E-state index in [2.05, 4.69) is 4.99 Å². The van der Waals surface area contributed by atoms with Gasteiger partial charge in [0, 0.05) is 29.0 Å². The zero-order valence-corrected chi connectivity index (χ0v) is 14.9. The number of β-lactam (4-membered cyclic amide) rings is 1. The number of hydrogen-bond acceptors (Lipinski definition) is 7. The monoisotopic (exact) mass is 366 g/mol. The van der Waals surface area contributed by atoms with Gasteiger partial charge in [0.1, 0.15) is 5.70 Å². The lowest BCUT2D eigenvalue weighted by atomic mass is 9.79. The molecule has 25 heavy (non-hydrogen) atoms. The molecule has 3 rings (SSSR count). The molecule has 0 aliphatic carbocycles. The normalized spacial score (nSPS) is 32.4. The predicted molar refractivity (Wildman–Crippen MR) is 94.7 cm³/mol. The van der Waals surface area contributed by atoms with Crippen molar-refractivity contribution in [3.63, 3.8) is 0 Å². The fourth-order valence-electron chi connectivity index (χ4n) is 3.83. The number of hydrogen-bond donors (Lipinski definition) is 4. The van der Waals surface area contributed by atoms with Gasteiger partial charge in [0.2, 0.25) is 5.91 Å². The van der Waals surface area contributed by atoms with Crippen molar-refractivity contribution in [2.75, 3.05) is 13.1 Å². The minimum atomic E-state index is -1.12. The maximum atomic E-state index is 12.3. The minimum absolute atomic E-state index is 0.0340. The van der Waals surface area contributed by atoms with E-state index in [1.165, 1.54) is 16.7 Å². The van der Waals surface area contributed by atoms with Crippen LogP contribution >= 0.6 is 11.8 Å². The molecule has 0 aromatic rings. The lowest BCUT2D eigenvalue weighted by Gasteiger charge is -2.46. The quantitative estimate of drug-likeness (QED) is 0.387. The van der Waals surface area contributed by atoms with Crippen LogP contribution in [-0.2, 0) is 9.59 Å². The van der Waals surface area contributed by atoms with Gasteiger partial charge in [-0.15, -0.1) is 11.8 Å². The van der Waals surface area contributed by atoms with E-state index in [-0.39, 0.29) is 35.4 Å². The van der Waals surface area contributed by atoms with Crippen LogP contribution in [0.3, 0.4) is 0 Å². The Kier molecular flexibility index (Phi) is 4.74. The summed E-state index contributed by atoms with van der Waals surface area (Å²) in [5, 5.41) is 27.3. The van der Waals surface area contributed by atoms with Crippen LogP contribution in [0.15, 0.2) is 15.6 Å². The first-order chi connectivity index (χ1) is 11.8. The highest BCUT2D eigenvalue weighted by Crippen LogP contribution is 2.51. The van der Waals surface area contributed by atoms with Crippen molar-refractivity contribution in [2.45, 2.75) is 37.7 Å². The number of nitrogens with one attached hydrogen (secondary N) is 1. The van der Waals surface area contributed by atoms with Crippen LogP contribution < -0.4 is 5.73 Å². The third-order valence-corrected chi connectivity index (χ3v) is 6.53. The second-order valence-electron chi connectivity index (χ2n) is 6.69. The number of aliphatic hydroxyl groups is 1. The van der Waals surface area contributed by atoms with Gasteiger partial charge in [-0.05, 0) is 6.92 Å². The fourth-order valence-corrected chi connectivity index (χ4v) is 5.23. The summed E-state index contributed by atoms with van der Waals surface area (Å²) in [5.74, 6) is -2.15. The summed E-state index contributed by atoms with van der Waals surface area (Å²) < 4.78 is 0. The Morgan fingerprint density at radius 2 is 2.24 bits per heavy atom. The van der Waals surface area contributed by atoms with E-state index in [9.17, 15) is 19.8 Å². The molecule has 5 atom stereocenters. The highest BCUT2D eigenvalue weighted by molar-refractivity contribution is 8.03. The van der Waals surface area contributed by atoms with Gasteiger partial charge in [0.15, 0.2) is 0 Å². The van der Waals surface area contributed by atoms with Gasteiger partial charge in [-0.25, -0.2) is 4.79 Å². The third kappa shape index (κ3) is 2.80. The maximum Gasteiger partial charge on any atom is 0.353 e. The molecule has 0 aromatic carbocycles. The molecule has 1 amide bonds. The summed E-state index contributed by atoms with van der Waals surface area (Å²) >= 11 is 1.43. The standard InChI is InChI=1S/C16H22N4O4S/c1-6-12-11(7(2)21)15(22)20(12)13(16(23)24)14(6)25-8-3-10(19-5-8)9(18)4-17/h6-8,11-12,18,21H,3-5,17H2,1-2H3,(H,23,24)/t6-,7-,8+,11-,12-/m1/s1. The second-order valence-corrected chi connectivity index (χ2v) is 8.03. The number of aliphatic hydroxyl groups excluding tert-OH is 1. The van der Waals surface area contributed by atoms with Gasteiger partial charge < -0.3 is 26.3 Å². The van der Waals surface area contributed by atoms with Crippen LogP contribution in [0, 0.1) is 17.2 Å². The van der Waals surface area contributed by atoms with Gasteiger partial charge in [-0.3, -0.25) is 9.79 Å². The van der Waals surface area contributed by atoms with Gasteiger partial charge in [0.25, 0.3) is 0 Å². The number of carboxylic acid groups (broad SMARTS) is 1. The van der Waals surface area contributed by atoms with E-state index in [4.69, 9.17) is 11.1 Å². The molecular weight excluding hydrogens is 344 g/mol. The number of rotatable bonds is 6. The van der Waals surface area contributed by atoms with Crippen LogP contribution in [0.5, 0.6) is 0 Å². The van der Waals surface area contributed by atoms with Crippen molar-refractivity contribution in [3.8, 4) is 0 Å². The number of thioether (sulfide) groups is 1. The molecule has 3 aliphatic heterocycles. The first-order valence-electron chi connectivity index (χ1n) is 8.24. The van der Waals surface area contributed by atoms with E-state index >= 15 is 0 Å². The molecule has 0 bridgehead atoms. The van der Waals surface area contributed by atoms with Crippen molar-refractivity contribution in [2.24, 2.45) is 22.6 Å². The number of nitrogens with zero attached hydrogens (tertiary/aromatic N) is 2. The molecule has 1 fully saturated rings. The molecule has 0 radical (unpaired) electrons. The highest BCUT2D eigenvalue weighted by Gasteiger charge is 2.60. The van der Waals surface area contributed by atoms with E-state index in [1.807, 2.05) is 6.92 Å². The Bertz CT molecular complexity index is 702. The summed E-state index contributed by atoms with van der Waals surface area (Å²) in [6, 6.07) is -0.301. The number of amides is 1. The van der Waals surface area contributed by atoms with Crippen LogP contribution in [-0.4, -0.2) is 68.9 Å². The van der Waals surface area contributed by atoms with Crippen molar-refractivity contribution < 1.29 is 19.8 Å². The average Bonchev–Trinajstić information content (AvgIpc) is 3.10. The summed E-state index contributed by atoms with van der Waals surface area (Å²) in [4.78, 5) is 30.4. The number of carbonyl (C=O) groups excluding carboxylic acids is 1. The van der Waals surface area contributed by atoms with Crippen LogP contribution in [0.25, 0.3) is 0 Å². The smallest absolute Gasteiger partial charge is 0.353 e. The Balaban J connectivity index is 1.80. The Morgan fingerprint density at radius 1 is 1.56 bits per heavy atom. The summed E-state index contributed by atoms with van der Waals surface area (Å²) in [5.41, 5.74) is 6.49. The lowest BCUT2D eigenvalue weighted by molar-refractivity contribution is -0.163. The van der Waals surface area contributed by atoms with Crippen molar-refractivity contribution >= 4 is 35.1 Å². The SMILES string of the molecule is C[C@@H](O)[C@H]1C(=O)N2C(C(=O)O)=C(S[C@@H]3CN=C(C(=N)CN)C3)[C@H](C)[C@H]12. The Labute approximate surface area is 149 Å². The maximum absolute atomic E-state index is 12.3. The molecule has 8 nitrogen and oxygen atoms in total. The summed E-state index contributed by atoms with van der Waals surface area (Å²) in [7, 11) is 0. The Hall–Kier alpha value is -1.71. The third-order valence-electron chi connectivity index (χ3n) is 5.06. The first kappa shape index (κ1) is 18.1. The minimum Gasteiger partial charge on any atom is -0.477 e. The van der Waals surface area contributed by atoms with Gasteiger partial charge in [-0.1, -0.05) is 6.92 Å². The van der Waals surface area contributed by atoms with Crippen molar-refractivity contribution in [1.82, 2.24) is 4.90 Å². The number of fused-ring (bicyclic) bond motifs is 1. The molecular formula is C16H22N4O4S. The molecule has 3 heterocycles. The summed E-state index contributed by atoms with van der Waals surface area (Å²) in [6.45, 7) is 4.10. The molecule has 0 unspecified atom stereocenters. The van der Waals surface area contributed by atoms with E-state index in [0.717, 1.165) is 0 Å². The zero-order chi connectivity index (χ0) is 18.5. The lowest BCUT2D eigenvalue weighted by Crippen LogP contribution is -2.63. The van der Waals surface area contributed by atoms with Gasteiger partial charge in [-0.2, -0.15) is 0 Å². The molecule has 9 heteroatoms. The van der Waals surface area contributed by atoms with E-state index in [0.29, 0.717) is 29.3 Å². The molecule has 3 aliphatic rings. The second kappa shape index (κ2) is 6.54. The van der Waals surface area contributed by atoms with Gasteiger partial charge in [0.05, 0.1) is 36.0 Å². The number of carboxylic acids is 1. The molecule has 0 aromatic heterocycles. The van der Waals surface area contributed by atoms with E-state index < -0.39 is 18.0 Å². The molecule has 1 saturated heterocycles. The molecule has 136 valence electrons. The first-order valence-corrected chi connectivity index (χ1v) is 9.12. The topological polar surface area (TPSA) is 140 Å². The molecule has 0 saturated carbocycles. The fraction of sp³-hybridized carbons (Fsp3) is 0.625. The predicted octanol–water partition coefficient (Wildman–Crippen LogP) is 0.0651. The average molecular weight is 366 g/mol. The highest BCUT2D eigenvalue weighted by atomic mass is 32.2. The van der Waals surface area contributed by atoms with Crippen LogP contribution in [0.4, 0.5) is 0 Å². The van der Waals surface area contributed by atoms with Crippen LogP contribution in [0.1, 0.15) is 20.3 Å². The number of aliphatic carboxylic acids is 1. The van der Waals surface area contributed by atoms with E-state index in [1.54, 1.807) is 6.92 Å². The zero-order valence-electron chi connectivity index (χ0n) is 14.1. The molecule has 0 spiro atoms. The summed E-state index contributed by atoms with van der Waals surface area (Å²) in [6.07, 6.45) is -0.232. The largest absolute Gasteiger partial charge is 0.477 e. The molecule has 5 N–H and O–H groups in total. The Morgan fingerprint density at radius 3 is 2.80 bits per heavy atom. The number of carbonyl (C=O) groups is 2. The van der Waals surface area contributed by atoms with Gasteiger partial charge >= 0.3 is 5.97 Å².